The van der Waals surface area contributed by atoms with Crippen molar-refractivity contribution < 1.29 is 89.0 Å². The van der Waals surface area contributed by atoms with Crippen LogP contribution in [0.15, 0.2) is 11.8 Å². The van der Waals surface area contributed by atoms with E-state index >= 15 is 0 Å². The molecule has 10 N–H and O–H groups in total. The van der Waals surface area contributed by atoms with Crippen molar-refractivity contribution in [1.82, 2.24) is 0 Å². The number of aliphatic carboxylic acids is 1. The second kappa shape index (κ2) is 12.5. The number of aliphatic hydroxyl groups is 9. The third kappa shape index (κ3) is 6.50. The molecule has 0 aromatic heterocycles. The summed E-state index contributed by atoms with van der Waals surface area (Å²) in [6.07, 6.45) is -24.0. The lowest BCUT2D eigenvalue weighted by Crippen LogP contribution is -2.63. The van der Waals surface area contributed by atoms with Crippen LogP contribution in [0, 0.1) is 0 Å². The van der Waals surface area contributed by atoms with Gasteiger partial charge in [-0.1, -0.05) is 0 Å². The first kappa shape index (κ1) is 30.4. The molecule has 3 saturated heterocycles. The van der Waals surface area contributed by atoms with E-state index in [1.807, 2.05) is 0 Å². The van der Waals surface area contributed by atoms with Gasteiger partial charge >= 0.3 is 5.97 Å². The minimum atomic E-state index is -1.89. The van der Waals surface area contributed by atoms with Gasteiger partial charge in [0.2, 0.25) is 12.0 Å². The summed E-state index contributed by atoms with van der Waals surface area (Å²) in [5, 5.41) is 100. The van der Waals surface area contributed by atoms with E-state index in [1.165, 1.54) is 0 Å². The predicted octanol–water partition coefficient (Wildman–Crippen LogP) is -6.58. The van der Waals surface area contributed by atoms with Gasteiger partial charge in [0.25, 0.3) is 0 Å². The van der Waals surface area contributed by atoms with Crippen molar-refractivity contribution in [3.05, 3.63) is 11.8 Å². The molecule has 4 rings (SSSR count). The van der Waals surface area contributed by atoms with Crippen molar-refractivity contribution >= 4 is 5.97 Å². The van der Waals surface area contributed by atoms with E-state index in [2.05, 4.69) is 0 Å². The van der Waals surface area contributed by atoms with Crippen molar-refractivity contribution in [2.75, 3.05) is 19.8 Å². The Balaban J connectivity index is 1.52. The Hall–Kier alpha value is -1.59. The van der Waals surface area contributed by atoms with Crippen LogP contribution in [0.4, 0.5) is 0 Å². The lowest BCUT2D eigenvalue weighted by molar-refractivity contribution is -0.367. The van der Waals surface area contributed by atoms with Gasteiger partial charge < -0.3 is 84.2 Å². The van der Waals surface area contributed by atoms with Crippen molar-refractivity contribution in [2.45, 2.75) is 92.3 Å². The van der Waals surface area contributed by atoms with E-state index in [1.54, 1.807) is 0 Å². The van der Waals surface area contributed by atoms with Crippen LogP contribution < -0.4 is 0 Å². The Morgan fingerprint density at radius 2 is 1.28 bits per heavy atom. The van der Waals surface area contributed by atoms with Gasteiger partial charge in [-0.15, -0.1) is 0 Å². The first-order chi connectivity index (χ1) is 18.4. The summed E-state index contributed by atoms with van der Waals surface area (Å²) in [7, 11) is 0. The van der Waals surface area contributed by atoms with Gasteiger partial charge in [0.05, 0.1) is 19.8 Å². The minimum Gasteiger partial charge on any atom is -0.475 e. The molecule has 0 amide bonds. The molecular formula is C21H32O18. The molecule has 0 unspecified atom stereocenters. The van der Waals surface area contributed by atoms with Crippen LogP contribution in [0.3, 0.4) is 0 Å². The van der Waals surface area contributed by atoms with Crippen molar-refractivity contribution in [3.63, 3.8) is 0 Å². The highest BCUT2D eigenvalue weighted by Gasteiger charge is 2.50. The summed E-state index contributed by atoms with van der Waals surface area (Å²) in [5.74, 6) is -2.36. The van der Waals surface area contributed by atoms with Crippen LogP contribution in [-0.2, 0) is 38.0 Å². The number of aliphatic hydroxyl groups excluding tert-OH is 9. The fraction of sp³-hybridized carbons (Fsp3) is 0.857. The highest BCUT2D eigenvalue weighted by molar-refractivity contribution is 5.84. The molecule has 0 aliphatic carbocycles. The number of ether oxygens (including phenoxy) is 7. The molecule has 224 valence electrons. The van der Waals surface area contributed by atoms with E-state index in [4.69, 9.17) is 33.2 Å². The number of hydrogen-bond acceptors (Lipinski definition) is 17. The summed E-state index contributed by atoms with van der Waals surface area (Å²) >= 11 is 0. The Labute approximate surface area is 219 Å². The van der Waals surface area contributed by atoms with E-state index < -0.39 is 124 Å². The third-order valence-electron chi connectivity index (χ3n) is 6.63. The smallest absolute Gasteiger partial charge is 0.371 e. The fourth-order valence-corrected chi connectivity index (χ4v) is 4.31. The monoisotopic (exact) mass is 572 g/mol. The van der Waals surface area contributed by atoms with E-state index in [0.29, 0.717) is 0 Å². The van der Waals surface area contributed by atoms with E-state index in [9.17, 15) is 55.9 Å². The molecule has 39 heavy (non-hydrogen) atoms. The first-order valence-corrected chi connectivity index (χ1v) is 11.9. The lowest BCUT2D eigenvalue weighted by Gasteiger charge is -2.45. The van der Waals surface area contributed by atoms with E-state index in [-0.39, 0.29) is 0 Å². The zero-order valence-electron chi connectivity index (χ0n) is 20.1. The molecule has 15 atom stereocenters. The normalized spacial score (nSPS) is 49.2. The minimum absolute atomic E-state index is 0.406. The molecule has 4 aliphatic heterocycles. The summed E-state index contributed by atoms with van der Waals surface area (Å²) in [5.41, 5.74) is 0. The fourth-order valence-electron chi connectivity index (χ4n) is 4.31. The van der Waals surface area contributed by atoms with Crippen LogP contribution in [0.25, 0.3) is 0 Å². The molecule has 0 aromatic rings. The van der Waals surface area contributed by atoms with Gasteiger partial charge in [0, 0.05) is 0 Å². The van der Waals surface area contributed by atoms with Gasteiger partial charge in [-0.3, -0.25) is 0 Å². The van der Waals surface area contributed by atoms with Crippen molar-refractivity contribution in [2.24, 2.45) is 0 Å². The Morgan fingerprint density at radius 1 is 0.667 bits per heavy atom. The van der Waals surface area contributed by atoms with Gasteiger partial charge in [-0.25, -0.2) is 4.79 Å². The number of hydrogen-bond donors (Lipinski definition) is 10. The summed E-state index contributed by atoms with van der Waals surface area (Å²) < 4.78 is 37.5. The topological polar surface area (TPSA) is 284 Å². The van der Waals surface area contributed by atoms with Crippen LogP contribution in [-0.4, -0.2) is 169 Å². The average molecular weight is 572 g/mol. The Kier molecular flexibility index (Phi) is 9.74. The van der Waals surface area contributed by atoms with Gasteiger partial charge in [-0.05, 0) is 6.08 Å². The Morgan fingerprint density at radius 3 is 1.97 bits per heavy atom. The number of carbonyl (C=O) groups is 1. The average Bonchev–Trinajstić information content (AvgIpc) is 2.90. The predicted molar refractivity (Wildman–Crippen MR) is 115 cm³/mol. The standard InChI is InChI=1S/C21H32O18/c22-5-1-7(17(30)31)36-20(11(5)25)39-16-13(27)9(37-19-15(29)10(24)6(23)2-34-19)4-35-21(16)38-8-3-33-18(32)14(28)12(8)26/h1,5-6,8-16,18-29,32H,2-4H2,(H,30,31)/t5-,6+,8+,9+,10-,11+,12-,13-,14+,15+,16+,18+,19-,20+,21-/m0/s1. The second-order valence-electron chi connectivity index (χ2n) is 9.40. The molecule has 0 saturated carbocycles. The molecule has 4 heterocycles. The maximum atomic E-state index is 11.4. The maximum absolute atomic E-state index is 11.4. The SMILES string of the molecule is O=C(O)C1=C[C@H](O)[C@@H](O)[C@@H](O[C@H]2[C@H](O[C@@H]3CO[C@@H](O)[C@H](O)[C@H]3O)OC[C@@H](O[C@@H]3OC[C@@H](O)[C@H](O)[C@H]3O)[C@@H]2O)O1. The number of carboxylic acid groups (broad SMARTS) is 1. The summed E-state index contributed by atoms with van der Waals surface area (Å²) in [6.45, 7) is -1.31. The van der Waals surface area contributed by atoms with Gasteiger partial charge in [0.15, 0.2) is 18.9 Å². The first-order valence-electron chi connectivity index (χ1n) is 11.9. The van der Waals surface area contributed by atoms with Crippen LogP contribution in [0.2, 0.25) is 0 Å². The van der Waals surface area contributed by atoms with Crippen molar-refractivity contribution in [1.29, 1.82) is 0 Å². The number of rotatable bonds is 7. The van der Waals surface area contributed by atoms with Crippen LogP contribution >= 0.6 is 0 Å². The van der Waals surface area contributed by atoms with Gasteiger partial charge in [-0.2, -0.15) is 0 Å². The largest absolute Gasteiger partial charge is 0.475 e. The van der Waals surface area contributed by atoms with Crippen molar-refractivity contribution in [3.8, 4) is 0 Å². The molecule has 18 nitrogen and oxygen atoms in total. The molecule has 4 aliphatic rings. The summed E-state index contributed by atoms with van der Waals surface area (Å²) in [6, 6.07) is 0. The number of carboxylic acids is 1. The highest BCUT2D eigenvalue weighted by Crippen LogP contribution is 2.31. The molecular weight excluding hydrogens is 540 g/mol. The third-order valence-corrected chi connectivity index (χ3v) is 6.63. The Bertz CT molecular complexity index is 872. The molecule has 0 aromatic carbocycles. The van der Waals surface area contributed by atoms with E-state index in [0.717, 1.165) is 6.08 Å². The zero-order chi connectivity index (χ0) is 28.6. The second-order valence-corrected chi connectivity index (χ2v) is 9.40. The quantitative estimate of drug-likeness (QED) is 0.136. The molecule has 0 radical (unpaired) electrons. The summed E-state index contributed by atoms with van der Waals surface area (Å²) in [4.78, 5) is 11.4. The molecule has 0 bridgehead atoms. The zero-order valence-corrected chi connectivity index (χ0v) is 20.1. The highest BCUT2D eigenvalue weighted by atomic mass is 16.8. The maximum Gasteiger partial charge on any atom is 0.371 e. The van der Waals surface area contributed by atoms with Crippen LogP contribution in [0.1, 0.15) is 0 Å². The lowest BCUT2D eigenvalue weighted by atomic mass is 10.0. The molecule has 3 fully saturated rings. The van der Waals surface area contributed by atoms with Crippen LogP contribution in [0.5, 0.6) is 0 Å². The van der Waals surface area contributed by atoms with Gasteiger partial charge in [0.1, 0.15) is 67.1 Å². The molecule has 0 spiro atoms. The molecule has 18 heteroatoms.